The van der Waals surface area contributed by atoms with Gasteiger partial charge in [-0.25, -0.2) is 52.9 Å². The van der Waals surface area contributed by atoms with Gasteiger partial charge >= 0.3 is 5.97 Å². The summed E-state index contributed by atoms with van der Waals surface area (Å²) in [7, 11) is 3.31. The van der Waals surface area contributed by atoms with Gasteiger partial charge in [0.05, 0.1) is 164 Å². The van der Waals surface area contributed by atoms with Crippen LogP contribution in [-0.2, 0) is 56.4 Å². The summed E-state index contributed by atoms with van der Waals surface area (Å²) in [5, 5.41) is 52.5. The number of aryl methyl sites for hydroxylation is 1. The molecule has 0 spiro atoms. The van der Waals surface area contributed by atoms with Crippen molar-refractivity contribution in [3.63, 3.8) is 0 Å². The number of aliphatic hydroxyl groups excluding tert-OH is 4. The maximum absolute atomic E-state index is 13.6. The zero-order valence-electron chi connectivity index (χ0n) is 72.7. The summed E-state index contributed by atoms with van der Waals surface area (Å²) in [6.45, 7) is 1.39. The number of esters is 1. The van der Waals surface area contributed by atoms with E-state index in [-0.39, 0.29) is 97.5 Å². The SMILES string of the molecule is COC(=O)c1ccc(Cc2cc3c(=O)n([C@H]4CCOC[C@@H]4O)cnc3c3ccccc23)cn1.Cn1ccc2c(Cc3cc4c(=O)n([C@H]5CCOC[C@@H]5O)cnc4c4ccccc34)ccnc21.O=c1c2cc(Cc3ccc(N4CC(F)(F)C4)cc3)c3ccccc3c2ncn1[C@H]1CCOC[C@@H]1O.O=c1c2cc(Cc3ccc(OCF)nc3)c3ccccc3c2ncn1[C@H]1CCOC[C@@H]1O. The number of nitrogens with zero attached hydrogens (tertiary/aromatic N) is 13. The Labute approximate surface area is 757 Å². The van der Waals surface area contributed by atoms with Gasteiger partial charge in [-0.1, -0.05) is 121 Å². The van der Waals surface area contributed by atoms with Crippen molar-refractivity contribution in [3.8, 4) is 5.88 Å². The van der Waals surface area contributed by atoms with Crippen LogP contribution < -0.4 is 31.9 Å². The lowest BCUT2D eigenvalue weighted by atomic mass is 9.95. The van der Waals surface area contributed by atoms with Gasteiger partial charge in [0.1, 0.15) is 11.3 Å². The molecule has 0 unspecified atom stereocenters. The number of aliphatic hydroxyl groups is 4. The Morgan fingerprint density at radius 3 is 1.12 bits per heavy atom. The Bertz CT molecular complexity index is 7520. The average molecular weight is 1800 g/mol. The quantitative estimate of drug-likeness (QED) is 0.0516. The highest BCUT2D eigenvalue weighted by Crippen LogP contribution is 2.38. The lowest BCUT2D eigenvalue weighted by molar-refractivity contribution is -0.0395. The molecule has 0 bridgehead atoms. The first-order chi connectivity index (χ1) is 64.7. The minimum atomic E-state index is -2.61. The molecular formula is C102H94F3N13O15. The molecule has 5 fully saturated rings. The Morgan fingerprint density at radius 2 is 0.774 bits per heavy atom. The third-order valence-electron chi connectivity index (χ3n) is 25.9. The van der Waals surface area contributed by atoms with Gasteiger partial charge < -0.3 is 58.3 Å². The number of benzene rings is 9. The number of alkyl halides is 3. The van der Waals surface area contributed by atoms with Crippen LogP contribution in [0.5, 0.6) is 5.88 Å². The molecule has 31 heteroatoms. The molecule has 8 aromatic heterocycles. The molecule has 0 aliphatic carbocycles. The van der Waals surface area contributed by atoms with E-state index in [9.17, 15) is 57.6 Å². The van der Waals surface area contributed by atoms with Crippen LogP contribution in [0.2, 0.25) is 0 Å². The van der Waals surface area contributed by atoms with Crippen molar-refractivity contribution in [2.75, 3.05) is 84.8 Å². The molecule has 678 valence electrons. The van der Waals surface area contributed by atoms with Crippen LogP contribution >= 0.6 is 0 Å². The molecule has 28 nitrogen and oxygen atoms in total. The molecule has 0 radical (unpaired) electrons. The second-order valence-electron chi connectivity index (χ2n) is 34.3. The summed E-state index contributed by atoms with van der Waals surface area (Å²) in [5.41, 5.74) is 11.9. The van der Waals surface area contributed by atoms with E-state index in [4.69, 9.17) is 28.4 Å². The smallest absolute Gasteiger partial charge is 0.356 e. The first-order valence-electron chi connectivity index (χ1n) is 44.2. The fraction of sp³-hybridized carbons (Fsp3) is 0.294. The van der Waals surface area contributed by atoms with E-state index in [0.29, 0.717) is 121 Å². The molecule has 22 rings (SSSR count). The Balaban J connectivity index is 0.000000114. The summed E-state index contributed by atoms with van der Waals surface area (Å²) >= 11 is 0. The summed E-state index contributed by atoms with van der Waals surface area (Å²) in [6.07, 6.45) is 14.9. The molecule has 0 saturated carbocycles. The molecule has 8 atom stereocenters. The van der Waals surface area contributed by atoms with Crippen LogP contribution in [0, 0.1) is 0 Å². The topological polar surface area (TPSA) is 340 Å². The van der Waals surface area contributed by atoms with Crippen LogP contribution in [0.3, 0.4) is 0 Å². The van der Waals surface area contributed by atoms with Crippen LogP contribution in [0.15, 0.2) is 251 Å². The molecule has 133 heavy (non-hydrogen) atoms. The van der Waals surface area contributed by atoms with Gasteiger partial charge in [-0.05, 0) is 172 Å². The standard InChI is InChI=1S/C27H25F2N3O3.C26H24N4O3.C25H23N3O5.C24H22FN3O4/c28-27(29)14-31(15-27)19-7-5-17(6-8-19)11-18-12-22-25(21-4-2-1-3-20(18)21)30-16-32(26(22)34)23-9-10-35-13-24(23)33;1-29-10-7-19-16(6-9-27-25(19)29)12-17-13-21-24(20-5-3-2-4-18(17)20)28-15-30(26(21)32)22-8-11-33-14-23(22)31;1-32-25(31)20-7-6-15(12-26-20)10-16-11-19-23(18-5-3-2-4-17(16)18)27-14-28(24(19)30)21-8-9-33-13-22(21)29;25-13-32-22-6-5-15(11-26-22)9-16-10-19-23(18-4-2-1-3-17(16)18)27-14-28(24(19)30)20-7-8-31-12-21(20)29/h1-8,12,16,23-24,33H,9-11,13-15H2;2-7,9-10,13,15,22-23,31H,8,11-12,14H2,1H3;2-7,11-12,14,21-22,29H,8-10,13H2,1H3;1-6,10-11,14,20-21,29H,7-9,12-13H2/t23-,24-;22-,23-;21-,22-;20-,21-/m0000/s1. The summed E-state index contributed by atoms with van der Waals surface area (Å²) < 4.78 is 77.8. The second kappa shape index (κ2) is 38.1. The third-order valence-corrected chi connectivity index (χ3v) is 25.9. The third kappa shape index (κ3) is 17.9. The van der Waals surface area contributed by atoms with Crippen molar-refractivity contribution in [2.24, 2.45) is 7.05 Å². The number of anilines is 1. The van der Waals surface area contributed by atoms with Crippen LogP contribution in [0.25, 0.3) is 97.7 Å². The zero-order chi connectivity index (χ0) is 91.7. The van der Waals surface area contributed by atoms with Crippen LogP contribution in [-0.4, -0.2) is 194 Å². The number of halogens is 3. The second-order valence-corrected chi connectivity index (χ2v) is 34.3. The zero-order valence-corrected chi connectivity index (χ0v) is 72.7. The summed E-state index contributed by atoms with van der Waals surface area (Å²) in [6, 6.07) is 56.5. The minimum absolute atomic E-state index is 0.127. The molecule has 5 aliphatic rings. The number of pyridine rings is 3. The van der Waals surface area contributed by atoms with E-state index >= 15 is 0 Å². The molecule has 9 aromatic carbocycles. The first-order valence-corrected chi connectivity index (χ1v) is 44.2. The normalized spacial score (nSPS) is 19.6. The number of methoxy groups -OCH3 is 1. The Morgan fingerprint density at radius 1 is 0.414 bits per heavy atom. The van der Waals surface area contributed by atoms with Crippen LogP contribution in [0.4, 0.5) is 18.9 Å². The maximum atomic E-state index is 13.6. The van der Waals surface area contributed by atoms with Gasteiger partial charge in [0.25, 0.3) is 28.2 Å². The number of rotatable bonds is 16. The van der Waals surface area contributed by atoms with Crippen molar-refractivity contribution in [2.45, 2.75) is 106 Å². The largest absolute Gasteiger partial charge is 0.464 e. The van der Waals surface area contributed by atoms with E-state index in [2.05, 4.69) is 47.0 Å². The van der Waals surface area contributed by atoms with Gasteiger partial charge in [-0.15, -0.1) is 0 Å². The summed E-state index contributed by atoms with van der Waals surface area (Å²) in [4.78, 5) is 98.8. The fourth-order valence-corrected chi connectivity index (χ4v) is 19.0. The highest BCUT2D eigenvalue weighted by Gasteiger charge is 2.44. The highest BCUT2D eigenvalue weighted by molar-refractivity contribution is 6.10. The first kappa shape index (κ1) is 88.4. The van der Waals surface area contributed by atoms with Gasteiger partial charge in [0.2, 0.25) is 12.7 Å². The number of hydrogen-bond donors (Lipinski definition) is 4. The highest BCUT2D eigenvalue weighted by atomic mass is 19.3. The molecule has 17 aromatic rings. The molecule has 5 aliphatic heterocycles. The Kier molecular flexibility index (Phi) is 25.3. The van der Waals surface area contributed by atoms with E-state index in [1.165, 1.54) is 39.8 Å². The number of ether oxygens (including phenoxy) is 6. The van der Waals surface area contributed by atoms with Crippen LogP contribution in [0.1, 0.15) is 105 Å². The number of fused-ring (bicyclic) bond motifs is 13. The molecular weight excluding hydrogens is 1700 g/mol. The van der Waals surface area contributed by atoms with Gasteiger partial charge in [-0.3, -0.25) is 37.4 Å². The summed E-state index contributed by atoms with van der Waals surface area (Å²) in [5.74, 6) is -2.87. The lowest BCUT2D eigenvalue weighted by Crippen LogP contribution is -2.56. The number of aromatic nitrogens is 12. The van der Waals surface area contributed by atoms with Gasteiger partial charge in [-0.2, -0.15) is 0 Å². The number of hydrogen-bond acceptors (Lipinski definition) is 23. The number of carbonyl (C=O) groups excluding carboxylic acids is 1. The Hall–Kier alpha value is -13.9. The predicted molar refractivity (Wildman–Crippen MR) is 498 cm³/mol. The van der Waals surface area contributed by atoms with Crippen molar-refractivity contribution in [1.29, 1.82) is 0 Å². The minimum Gasteiger partial charge on any atom is -0.464 e. The predicted octanol–water partition coefficient (Wildman–Crippen LogP) is 13.1. The van der Waals surface area contributed by atoms with Gasteiger partial charge in [0.15, 0.2) is 0 Å². The van der Waals surface area contributed by atoms with Gasteiger partial charge in [0, 0.05) is 96.9 Å². The van der Waals surface area contributed by atoms with Crippen molar-refractivity contribution in [3.05, 3.63) is 324 Å². The van der Waals surface area contributed by atoms with E-state index in [0.717, 1.165) is 104 Å². The van der Waals surface area contributed by atoms with E-state index in [1.54, 1.807) is 40.3 Å². The van der Waals surface area contributed by atoms with E-state index in [1.807, 2.05) is 182 Å². The van der Waals surface area contributed by atoms with Crippen molar-refractivity contribution >= 4 is 109 Å². The molecule has 13 heterocycles. The number of carbonyl (C=O) groups is 1. The fourth-order valence-electron chi connectivity index (χ4n) is 19.0. The molecule has 0 amide bonds. The molecule has 5 saturated heterocycles. The monoisotopic (exact) mass is 1800 g/mol. The molecule has 4 N–H and O–H groups in total. The van der Waals surface area contributed by atoms with E-state index < -0.39 is 43.2 Å². The van der Waals surface area contributed by atoms with Crippen molar-refractivity contribution in [1.82, 2.24) is 57.7 Å². The average Bonchev–Trinajstić information content (AvgIpc) is 1.15. The maximum Gasteiger partial charge on any atom is 0.356 e. The van der Waals surface area contributed by atoms with Crippen molar-refractivity contribution < 1.29 is 66.8 Å². The lowest BCUT2D eigenvalue weighted by Gasteiger charge is -2.40.